The molecule has 3 aromatic heterocycles. The van der Waals surface area contributed by atoms with Crippen molar-refractivity contribution in [3.05, 3.63) is 27.3 Å². The third kappa shape index (κ3) is 3.37. The molecule has 126 valence electrons. The molecule has 0 fully saturated rings. The van der Waals surface area contributed by atoms with Gasteiger partial charge in [-0.05, 0) is 0 Å². The van der Waals surface area contributed by atoms with E-state index in [1.54, 1.807) is 29.4 Å². The molecule has 0 bridgehead atoms. The number of nitrogens with zero attached hydrogens (tertiary/aromatic N) is 2. The Bertz CT molecular complexity index is 911. The summed E-state index contributed by atoms with van der Waals surface area (Å²) in [5.41, 5.74) is 7.29. The van der Waals surface area contributed by atoms with Gasteiger partial charge in [-0.2, -0.15) is 0 Å². The molecule has 24 heavy (non-hydrogen) atoms. The van der Waals surface area contributed by atoms with Crippen LogP contribution in [0.5, 0.6) is 0 Å². The van der Waals surface area contributed by atoms with Crippen molar-refractivity contribution in [3.8, 4) is 0 Å². The molecule has 5 nitrogen and oxygen atoms in total. The van der Waals surface area contributed by atoms with Gasteiger partial charge in [0.05, 0.1) is 0 Å². The van der Waals surface area contributed by atoms with Crippen LogP contribution in [0.4, 0.5) is 11.5 Å². The van der Waals surface area contributed by atoms with Crippen LogP contribution in [0.3, 0.4) is 0 Å². The van der Waals surface area contributed by atoms with Crippen molar-refractivity contribution in [1.82, 2.24) is 9.97 Å². The van der Waals surface area contributed by atoms with Gasteiger partial charge < -0.3 is 0 Å². The van der Waals surface area contributed by atoms with Crippen LogP contribution >= 0.6 is 23.1 Å². The average Bonchev–Trinajstić information content (AvgIpc) is 3.10. The first-order valence-corrected chi connectivity index (χ1v) is 11.0. The molecule has 0 aliphatic carbocycles. The van der Waals surface area contributed by atoms with Crippen molar-refractivity contribution in [2.45, 2.75) is 30.4 Å². The van der Waals surface area contributed by atoms with E-state index in [1.807, 2.05) is 6.26 Å². The summed E-state index contributed by atoms with van der Waals surface area (Å²) in [6.45, 7) is 6.44. The van der Waals surface area contributed by atoms with Crippen molar-refractivity contribution in [1.29, 1.82) is 0 Å². The molecule has 3 N–H and O–H groups in total. The predicted molar refractivity (Wildman–Crippen MR) is 103 cm³/mol. The van der Waals surface area contributed by atoms with Gasteiger partial charge in [0.2, 0.25) is 0 Å². The number of rotatable bonds is 4. The number of thiophene rings is 1. The van der Waals surface area contributed by atoms with E-state index in [2.05, 4.69) is 48.2 Å². The van der Waals surface area contributed by atoms with E-state index in [1.165, 1.54) is 8.65 Å². The zero-order valence-electron chi connectivity index (χ0n) is 13.8. The summed E-state index contributed by atoms with van der Waals surface area (Å²) in [7, 11) is 0. The van der Waals surface area contributed by atoms with Gasteiger partial charge in [-0.15, -0.1) is 0 Å². The van der Waals surface area contributed by atoms with Gasteiger partial charge >= 0.3 is 155 Å². The Morgan fingerprint density at radius 1 is 1.33 bits per heavy atom. The minimum atomic E-state index is -0.366. The Balaban J connectivity index is 2.06. The number of carbonyl (C=O) groups excluding carboxylic acids is 1. The van der Waals surface area contributed by atoms with Crippen LogP contribution in [0.1, 0.15) is 34.4 Å². The third-order valence-corrected chi connectivity index (χ3v) is 8.94. The number of hydrogen-bond donors (Lipinski definition) is 2. The van der Waals surface area contributed by atoms with Crippen molar-refractivity contribution in [2.24, 2.45) is 5.73 Å². The maximum absolute atomic E-state index is 11.9. The summed E-state index contributed by atoms with van der Waals surface area (Å²) >= 11 is 3.27. The summed E-state index contributed by atoms with van der Waals surface area (Å²) in [5, 5.41) is 3.32. The molecule has 1 amide bonds. The molecule has 0 aliphatic rings. The number of anilines is 2. The third-order valence-electron chi connectivity index (χ3n) is 3.44. The summed E-state index contributed by atoms with van der Waals surface area (Å²) in [6, 6.07) is 4.10. The molecule has 3 rings (SSSR count). The second kappa shape index (κ2) is 6.52. The van der Waals surface area contributed by atoms with Crippen LogP contribution in [0, 0.1) is 0 Å². The van der Waals surface area contributed by atoms with E-state index in [4.69, 9.17) is 5.73 Å². The van der Waals surface area contributed by atoms with Crippen LogP contribution in [0.2, 0.25) is 0 Å². The van der Waals surface area contributed by atoms with E-state index < -0.39 is 0 Å². The Morgan fingerprint density at radius 3 is 2.71 bits per heavy atom. The van der Waals surface area contributed by atoms with E-state index in [0.717, 1.165) is 21.7 Å². The molecule has 0 atom stereocenters. The van der Waals surface area contributed by atoms with E-state index in [9.17, 15) is 4.79 Å². The normalized spacial score (nSPS) is 11.8. The fourth-order valence-corrected chi connectivity index (χ4v) is 5.93. The Kier molecular flexibility index (Phi) is 4.75. The summed E-state index contributed by atoms with van der Waals surface area (Å²) < 4.78 is 4.08. The number of thioether (sulfide) groups is 1. The molecule has 0 aromatic carbocycles. The van der Waals surface area contributed by atoms with Gasteiger partial charge in [0, 0.05) is 0 Å². The van der Waals surface area contributed by atoms with E-state index >= 15 is 0 Å². The molecule has 0 aliphatic heterocycles. The van der Waals surface area contributed by atoms with Gasteiger partial charge in [-0.25, -0.2) is 0 Å². The molecule has 0 spiro atoms. The second-order valence-corrected chi connectivity index (χ2v) is 10.7. The molecule has 3 heterocycles. The molecule has 0 unspecified atom stereocenters. The molecule has 8 heteroatoms. The monoisotopic (exact) mass is 426 g/mol. The van der Waals surface area contributed by atoms with Gasteiger partial charge in [-0.3, -0.25) is 0 Å². The molecular formula is C16H18N4OS2Se. The van der Waals surface area contributed by atoms with Gasteiger partial charge in [0.1, 0.15) is 0 Å². The number of primary amides is 1. The topological polar surface area (TPSA) is 80.9 Å². The molecule has 0 saturated heterocycles. The Hall–Kier alpha value is -1.34. The first kappa shape index (κ1) is 17.5. The van der Waals surface area contributed by atoms with Crippen molar-refractivity contribution < 1.29 is 4.79 Å². The van der Waals surface area contributed by atoms with E-state index in [0.29, 0.717) is 4.44 Å². The van der Waals surface area contributed by atoms with Crippen LogP contribution in [-0.4, -0.2) is 36.6 Å². The van der Waals surface area contributed by atoms with Crippen molar-refractivity contribution in [2.75, 3.05) is 11.6 Å². The summed E-state index contributed by atoms with van der Waals surface area (Å²) in [6.07, 6.45) is 3.58. The fraction of sp³-hybridized carbons (Fsp3) is 0.312. The molecule has 0 radical (unpaired) electrons. The SMILES string of the molecule is CSc1cc2ncnc(Nc3cc(C(C)(C)C)[se]c3C(N)=O)c2s1. The number of carbonyl (C=O) groups is 1. The van der Waals surface area contributed by atoms with E-state index in [-0.39, 0.29) is 25.8 Å². The standard InChI is InChI=1S/C16H18N4OS2Se/c1-16(2,3)10-5-9(13(24-10)14(17)21)20-15-12-8(18-7-19-15)6-11(22-4)23-12/h5-7H,1-4H3,(H2,17,21)(H,18,19,20). The number of nitrogens with two attached hydrogens (primary N) is 1. The predicted octanol–water partition coefficient (Wildman–Crippen LogP) is 3.61. The Labute approximate surface area is 154 Å². The Morgan fingerprint density at radius 2 is 2.08 bits per heavy atom. The van der Waals surface area contributed by atoms with Crippen LogP contribution in [-0.2, 0) is 5.41 Å². The van der Waals surface area contributed by atoms with Gasteiger partial charge in [0.25, 0.3) is 0 Å². The quantitative estimate of drug-likeness (QED) is 0.493. The number of fused-ring (bicyclic) bond motifs is 1. The summed E-state index contributed by atoms with van der Waals surface area (Å²) in [5.74, 6) is 0.357. The number of aromatic nitrogens is 2. The number of nitrogens with one attached hydrogen (secondary N) is 1. The molecule has 3 aromatic rings. The van der Waals surface area contributed by atoms with Crippen LogP contribution < -0.4 is 11.1 Å². The minimum absolute atomic E-state index is 0.0140. The first-order chi connectivity index (χ1) is 11.3. The van der Waals surface area contributed by atoms with Crippen LogP contribution in [0.15, 0.2) is 22.7 Å². The fourth-order valence-electron chi connectivity index (χ4n) is 2.19. The van der Waals surface area contributed by atoms with Gasteiger partial charge in [0.15, 0.2) is 0 Å². The van der Waals surface area contributed by atoms with Crippen LogP contribution in [0.25, 0.3) is 10.2 Å². The number of hydrogen-bond acceptors (Lipinski definition) is 6. The molecule has 0 saturated carbocycles. The zero-order valence-corrected chi connectivity index (χ0v) is 17.2. The average molecular weight is 425 g/mol. The maximum atomic E-state index is 11.9. The molecular weight excluding hydrogens is 407 g/mol. The second-order valence-electron chi connectivity index (χ2n) is 6.30. The first-order valence-electron chi connectivity index (χ1n) is 7.29. The summed E-state index contributed by atoms with van der Waals surface area (Å²) in [4.78, 5) is 20.6. The number of amides is 1. The van der Waals surface area contributed by atoms with Crippen molar-refractivity contribution in [3.63, 3.8) is 0 Å². The zero-order chi connectivity index (χ0) is 17.5. The van der Waals surface area contributed by atoms with Gasteiger partial charge in [-0.1, -0.05) is 0 Å². The van der Waals surface area contributed by atoms with Crippen molar-refractivity contribution >= 4 is 65.2 Å².